The Morgan fingerprint density at radius 1 is 1.12 bits per heavy atom. The Morgan fingerprint density at radius 2 is 2.00 bits per heavy atom. The molecular weight excluding hydrogens is 336 g/mol. The first-order valence-corrected chi connectivity index (χ1v) is 10.2. The van der Waals surface area contributed by atoms with Crippen molar-refractivity contribution in [2.75, 3.05) is 18.8 Å². The van der Waals surface area contributed by atoms with Crippen molar-refractivity contribution in [3.8, 4) is 0 Å². The fourth-order valence-corrected chi connectivity index (χ4v) is 4.39. The van der Waals surface area contributed by atoms with Gasteiger partial charge in [-0.05, 0) is 80.4 Å². The molecule has 1 saturated heterocycles. The number of pyridine rings is 1. The van der Waals surface area contributed by atoms with Crippen molar-refractivity contribution in [1.82, 2.24) is 9.88 Å². The lowest BCUT2D eigenvalue weighted by Gasteiger charge is -2.35. The summed E-state index contributed by atoms with van der Waals surface area (Å²) in [7, 11) is 0. The van der Waals surface area contributed by atoms with E-state index in [-0.39, 0.29) is 0 Å². The monoisotopic (exact) mass is 360 g/mol. The molecule has 1 atom stereocenters. The number of unbranched alkanes of at least 4 members (excludes halogenated alkanes) is 1. The molecule has 1 aliphatic heterocycles. The van der Waals surface area contributed by atoms with Crippen LogP contribution in [0, 0.1) is 0 Å². The molecule has 0 unspecified atom stereocenters. The SMILES string of the molecule is Clc1ccc(SCCCCN2CCCC[C@H]2c2cccnc2)cc1. The average molecular weight is 361 g/mol. The van der Waals surface area contributed by atoms with E-state index in [1.165, 1.54) is 61.4 Å². The zero-order valence-corrected chi connectivity index (χ0v) is 15.6. The number of aromatic nitrogens is 1. The third kappa shape index (κ3) is 5.23. The number of rotatable bonds is 7. The van der Waals surface area contributed by atoms with Crippen LogP contribution in [-0.2, 0) is 0 Å². The van der Waals surface area contributed by atoms with Crippen molar-refractivity contribution in [2.24, 2.45) is 0 Å². The maximum absolute atomic E-state index is 5.93. The average Bonchev–Trinajstić information content (AvgIpc) is 2.64. The summed E-state index contributed by atoms with van der Waals surface area (Å²) in [4.78, 5) is 8.28. The van der Waals surface area contributed by atoms with Gasteiger partial charge < -0.3 is 0 Å². The third-order valence-electron chi connectivity index (χ3n) is 4.60. The van der Waals surface area contributed by atoms with Crippen LogP contribution >= 0.6 is 23.4 Å². The number of nitrogens with zero attached hydrogens (tertiary/aromatic N) is 2. The summed E-state index contributed by atoms with van der Waals surface area (Å²) in [6.07, 6.45) is 10.4. The second-order valence-corrected chi connectivity index (χ2v) is 7.95. The van der Waals surface area contributed by atoms with Crippen LogP contribution in [0.2, 0.25) is 5.02 Å². The van der Waals surface area contributed by atoms with Crippen molar-refractivity contribution in [2.45, 2.75) is 43.0 Å². The van der Waals surface area contributed by atoms with E-state index >= 15 is 0 Å². The van der Waals surface area contributed by atoms with Crippen LogP contribution in [0.15, 0.2) is 53.7 Å². The van der Waals surface area contributed by atoms with Crippen molar-refractivity contribution in [1.29, 1.82) is 0 Å². The number of thioether (sulfide) groups is 1. The minimum Gasteiger partial charge on any atom is -0.296 e. The minimum absolute atomic E-state index is 0.566. The quantitative estimate of drug-likeness (QED) is 0.456. The smallest absolute Gasteiger partial charge is 0.0406 e. The molecule has 0 spiro atoms. The first-order chi connectivity index (χ1) is 11.8. The predicted molar refractivity (Wildman–Crippen MR) is 104 cm³/mol. The van der Waals surface area contributed by atoms with Gasteiger partial charge in [0.1, 0.15) is 0 Å². The molecule has 2 heterocycles. The lowest BCUT2D eigenvalue weighted by Crippen LogP contribution is -2.34. The fourth-order valence-electron chi connectivity index (χ4n) is 3.35. The molecule has 2 aromatic rings. The summed E-state index contributed by atoms with van der Waals surface area (Å²) in [5, 5.41) is 0.811. The summed E-state index contributed by atoms with van der Waals surface area (Å²) in [6.45, 7) is 2.42. The van der Waals surface area contributed by atoms with E-state index in [9.17, 15) is 0 Å². The van der Waals surface area contributed by atoms with Crippen LogP contribution in [-0.4, -0.2) is 28.7 Å². The van der Waals surface area contributed by atoms with Crippen LogP contribution < -0.4 is 0 Å². The Kier molecular flexibility index (Phi) is 7.00. The standard InChI is InChI=1S/C20H25ClN2S/c21-18-8-10-19(11-9-18)24-15-4-3-14-23-13-2-1-7-20(23)17-6-5-12-22-16-17/h5-6,8-12,16,20H,1-4,7,13-15H2/t20-/m0/s1. The summed E-state index contributed by atoms with van der Waals surface area (Å²) in [5.74, 6) is 1.17. The van der Waals surface area contributed by atoms with E-state index < -0.39 is 0 Å². The van der Waals surface area contributed by atoms with E-state index in [1.807, 2.05) is 36.3 Å². The highest BCUT2D eigenvalue weighted by molar-refractivity contribution is 7.99. The molecule has 1 aromatic carbocycles. The molecule has 24 heavy (non-hydrogen) atoms. The van der Waals surface area contributed by atoms with Gasteiger partial charge in [-0.25, -0.2) is 0 Å². The van der Waals surface area contributed by atoms with Gasteiger partial charge in [-0.1, -0.05) is 24.1 Å². The number of hydrogen-bond acceptors (Lipinski definition) is 3. The van der Waals surface area contributed by atoms with E-state index in [0.29, 0.717) is 6.04 Å². The van der Waals surface area contributed by atoms with Crippen molar-refractivity contribution in [3.63, 3.8) is 0 Å². The lowest BCUT2D eigenvalue weighted by molar-refractivity contribution is 0.146. The van der Waals surface area contributed by atoms with Gasteiger partial charge in [-0.15, -0.1) is 11.8 Å². The predicted octanol–water partition coefficient (Wildman–Crippen LogP) is 5.83. The molecule has 1 aromatic heterocycles. The maximum Gasteiger partial charge on any atom is 0.0406 e. The molecule has 0 radical (unpaired) electrons. The van der Waals surface area contributed by atoms with E-state index in [1.54, 1.807) is 0 Å². The summed E-state index contributed by atoms with van der Waals surface area (Å²) in [6, 6.07) is 13.0. The van der Waals surface area contributed by atoms with Gasteiger partial charge >= 0.3 is 0 Å². The van der Waals surface area contributed by atoms with Crippen molar-refractivity contribution in [3.05, 3.63) is 59.4 Å². The topological polar surface area (TPSA) is 16.1 Å². The first kappa shape index (κ1) is 17.8. The molecule has 1 aliphatic rings. The van der Waals surface area contributed by atoms with E-state index in [4.69, 9.17) is 11.6 Å². The Bertz CT molecular complexity index is 603. The van der Waals surface area contributed by atoms with Crippen LogP contribution in [0.1, 0.15) is 43.7 Å². The molecular formula is C20H25ClN2S. The van der Waals surface area contributed by atoms with Crippen LogP contribution in [0.4, 0.5) is 0 Å². The Balaban J connectivity index is 1.42. The van der Waals surface area contributed by atoms with Crippen LogP contribution in [0.3, 0.4) is 0 Å². The van der Waals surface area contributed by atoms with Gasteiger partial charge in [0, 0.05) is 28.4 Å². The second kappa shape index (κ2) is 9.45. The highest BCUT2D eigenvalue weighted by atomic mass is 35.5. The number of halogens is 1. The lowest BCUT2D eigenvalue weighted by atomic mass is 9.96. The zero-order valence-electron chi connectivity index (χ0n) is 14.0. The highest BCUT2D eigenvalue weighted by Gasteiger charge is 2.23. The van der Waals surface area contributed by atoms with Gasteiger partial charge in [0.15, 0.2) is 0 Å². The molecule has 3 rings (SSSR count). The molecule has 0 N–H and O–H groups in total. The first-order valence-electron chi connectivity index (χ1n) is 8.85. The van der Waals surface area contributed by atoms with E-state index in [2.05, 4.69) is 34.1 Å². The second-order valence-electron chi connectivity index (χ2n) is 6.34. The van der Waals surface area contributed by atoms with Gasteiger partial charge in [-0.2, -0.15) is 0 Å². The summed E-state index contributed by atoms with van der Waals surface area (Å²) < 4.78 is 0. The molecule has 0 bridgehead atoms. The van der Waals surface area contributed by atoms with E-state index in [0.717, 1.165) is 5.02 Å². The minimum atomic E-state index is 0.566. The number of benzene rings is 1. The largest absolute Gasteiger partial charge is 0.296 e. The number of likely N-dealkylation sites (tertiary alicyclic amines) is 1. The molecule has 4 heteroatoms. The van der Waals surface area contributed by atoms with Gasteiger partial charge in [-0.3, -0.25) is 9.88 Å². The maximum atomic E-state index is 5.93. The molecule has 0 aliphatic carbocycles. The Labute approximate surface area is 154 Å². The summed E-state index contributed by atoms with van der Waals surface area (Å²) >= 11 is 7.85. The summed E-state index contributed by atoms with van der Waals surface area (Å²) in [5.41, 5.74) is 1.38. The van der Waals surface area contributed by atoms with Gasteiger partial charge in [0.25, 0.3) is 0 Å². The Morgan fingerprint density at radius 3 is 2.79 bits per heavy atom. The van der Waals surface area contributed by atoms with Gasteiger partial charge in [0.2, 0.25) is 0 Å². The van der Waals surface area contributed by atoms with Crippen molar-refractivity contribution < 1.29 is 0 Å². The molecule has 0 saturated carbocycles. The van der Waals surface area contributed by atoms with Crippen LogP contribution in [0.25, 0.3) is 0 Å². The number of piperidine rings is 1. The molecule has 2 nitrogen and oxygen atoms in total. The molecule has 0 amide bonds. The number of hydrogen-bond donors (Lipinski definition) is 0. The van der Waals surface area contributed by atoms with Crippen molar-refractivity contribution >= 4 is 23.4 Å². The highest BCUT2D eigenvalue weighted by Crippen LogP contribution is 2.30. The molecule has 128 valence electrons. The van der Waals surface area contributed by atoms with Gasteiger partial charge in [0.05, 0.1) is 0 Å². The normalized spacial score (nSPS) is 18.6. The zero-order chi connectivity index (χ0) is 16.6. The molecule has 1 fully saturated rings. The van der Waals surface area contributed by atoms with Crippen LogP contribution in [0.5, 0.6) is 0 Å². The third-order valence-corrected chi connectivity index (χ3v) is 5.96. The fraction of sp³-hybridized carbons (Fsp3) is 0.450. The Hall–Kier alpha value is -1.03.